The summed E-state index contributed by atoms with van der Waals surface area (Å²) in [5, 5.41) is 6.21. The number of hydrogen-bond donors (Lipinski definition) is 1. The number of nitrogens with one attached hydrogen (secondary N) is 1. The lowest BCUT2D eigenvalue weighted by Crippen LogP contribution is -2.31. The van der Waals surface area contributed by atoms with Gasteiger partial charge in [0.2, 0.25) is 0 Å². The molecule has 1 aliphatic rings. The molecule has 0 spiro atoms. The first-order chi connectivity index (χ1) is 8.70. The van der Waals surface area contributed by atoms with Crippen LogP contribution in [-0.4, -0.2) is 22.7 Å². The predicted octanol–water partition coefficient (Wildman–Crippen LogP) is 3.31. The average molecular weight is 280 g/mol. The zero-order chi connectivity index (χ0) is 13.0. The number of benzene rings is 1. The first kappa shape index (κ1) is 13.2. The lowest BCUT2D eigenvalue weighted by atomic mass is 10.1. The van der Waals surface area contributed by atoms with E-state index >= 15 is 0 Å². The van der Waals surface area contributed by atoms with Gasteiger partial charge in [-0.15, -0.1) is 6.58 Å². The minimum Gasteiger partial charge on any atom is -0.257 e. The zero-order valence-electron chi connectivity index (χ0n) is 10.1. The van der Waals surface area contributed by atoms with Crippen LogP contribution in [0.5, 0.6) is 0 Å². The van der Waals surface area contributed by atoms with E-state index < -0.39 is 0 Å². The van der Waals surface area contributed by atoms with E-state index in [0.717, 1.165) is 21.5 Å². The van der Waals surface area contributed by atoms with Crippen molar-refractivity contribution in [1.82, 2.24) is 5.43 Å². The van der Waals surface area contributed by atoms with Crippen LogP contribution in [0.25, 0.3) is 0 Å². The molecule has 0 radical (unpaired) electrons. The summed E-state index contributed by atoms with van der Waals surface area (Å²) in [7, 11) is 0. The first-order valence-corrected chi connectivity index (χ1v) is 6.88. The molecule has 0 saturated heterocycles. The highest BCUT2D eigenvalue weighted by Crippen LogP contribution is 2.22. The van der Waals surface area contributed by atoms with Crippen LogP contribution >= 0.6 is 23.4 Å². The number of hydrogen-bond acceptors (Lipinski definition) is 3. The minimum atomic E-state index is 0.260. The topological polar surface area (TPSA) is 36.8 Å². The molecule has 0 aromatic heterocycles. The third kappa shape index (κ3) is 3.15. The molecule has 1 aliphatic heterocycles. The molecule has 0 bridgehead atoms. The second-order valence-corrected chi connectivity index (χ2v) is 5.58. The average Bonchev–Trinajstić information content (AvgIpc) is 2.38. The molecule has 2 rings (SSSR count). The third-order valence-electron chi connectivity index (χ3n) is 2.45. The monoisotopic (exact) mass is 279 g/mol. The quantitative estimate of drug-likeness (QED) is 0.862. The van der Waals surface area contributed by atoms with Crippen molar-refractivity contribution in [2.45, 2.75) is 12.2 Å². The SMILES string of the molecule is C=CCN=C1NN=C(c2ccc(Cl)cc2)[C@@H](C)S1. The molecule has 3 nitrogen and oxygen atoms in total. The lowest BCUT2D eigenvalue weighted by molar-refractivity contribution is 1.00. The van der Waals surface area contributed by atoms with E-state index in [-0.39, 0.29) is 5.25 Å². The molecule has 1 aromatic rings. The van der Waals surface area contributed by atoms with Gasteiger partial charge in [-0.25, -0.2) is 0 Å². The Labute approximate surface area is 116 Å². The van der Waals surface area contributed by atoms with Crippen molar-refractivity contribution in [2.24, 2.45) is 10.1 Å². The molecule has 1 atom stereocenters. The maximum Gasteiger partial charge on any atom is 0.178 e. The highest BCUT2D eigenvalue weighted by molar-refractivity contribution is 8.15. The Balaban J connectivity index is 2.18. The molecule has 94 valence electrons. The Morgan fingerprint density at radius 3 is 2.83 bits per heavy atom. The van der Waals surface area contributed by atoms with E-state index in [1.54, 1.807) is 17.8 Å². The number of hydrazone groups is 1. The Bertz CT molecular complexity index is 493. The predicted molar refractivity (Wildman–Crippen MR) is 80.7 cm³/mol. The van der Waals surface area contributed by atoms with Crippen LogP contribution in [0, 0.1) is 0 Å². The maximum atomic E-state index is 5.88. The van der Waals surface area contributed by atoms with Gasteiger partial charge >= 0.3 is 0 Å². The normalized spacial score (nSPS) is 21.3. The standard InChI is InChI=1S/C13H14ClN3S/c1-3-8-15-13-17-16-12(9(2)18-13)10-4-6-11(14)7-5-10/h3-7,9H,1,8H2,2H3,(H,15,17)/t9-/m1/s1. The van der Waals surface area contributed by atoms with Crippen molar-refractivity contribution < 1.29 is 0 Å². The van der Waals surface area contributed by atoms with Gasteiger partial charge < -0.3 is 0 Å². The fourth-order valence-electron chi connectivity index (χ4n) is 1.59. The van der Waals surface area contributed by atoms with Crippen LogP contribution in [0.1, 0.15) is 12.5 Å². The minimum absolute atomic E-state index is 0.260. The Morgan fingerprint density at radius 1 is 1.50 bits per heavy atom. The van der Waals surface area contributed by atoms with Gasteiger partial charge in [-0.3, -0.25) is 10.4 Å². The molecule has 0 fully saturated rings. The van der Waals surface area contributed by atoms with Gasteiger partial charge in [-0.1, -0.05) is 41.6 Å². The Morgan fingerprint density at radius 2 is 2.22 bits per heavy atom. The van der Waals surface area contributed by atoms with Gasteiger partial charge in [-0.2, -0.15) is 5.10 Å². The third-order valence-corrected chi connectivity index (χ3v) is 3.72. The van der Waals surface area contributed by atoms with E-state index in [1.807, 2.05) is 24.3 Å². The van der Waals surface area contributed by atoms with Gasteiger partial charge in [0.05, 0.1) is 17.5 Å². The Hall–Kier alpha value is -1.26. The number of aliphatic imine (C=N–C) groups is 1. The molecule has 0 saturated carbocycles. The fraction of sp³-hybridized carbons (Fsp3) is 0.231. The van der Waals surface area contributed by atoms with Crippen LogP contribution in [-0.2, 0) is 0 Å². The molecule has 1 heterocycles. The second-order valence-electron chi connectivity index (χ2n) is 3.81. The smallest absolute Gasteiger partial charge is 0.178 e. The zero-order valence-corrected chi connectivity index (χ0v) is 11.6. The summed E-state index contributed by atoms with van der Waals surface area (Å²) in [6.07, 6.45) is 1.76. The lowest BCUT2D eigenvalue weighted by Gasteiger charge is -2.21. The molecular formula is C13H14ClN3S. The number of amidine groups is 1. The number of rotatable bonds is 3. The number of halogens is 1. The van der Waals surface area contributed by atoms with E-state index in [2.05, 4.69) is 29.0 Å². The maximum absolute atomic E-state index is 5.88. The van der Waals surface area contributed by atoms with Gasteiger partial charge in [0, 0.05) is 5.02 Å². The molecule has 0 aliphatic carbocycles. The summed E-state index contributed by atoms with van der Waals surface area (Å²) in [6.45, 7) is 6.36. The fourth-order valence-corrected chi connectivity index (χ4v) is 2.60. The van der Waals surface area contributed by atoms with Crippen molar-refractivity contribution in [3.63, 3.8) is 0 Å². The molecular weight excluding hydrogens is 266 g/mol. The summed E-state index contributed by atoms with van der Waals surface area (Å²) >= 11 is 7.54. The van der Waals surface area contributed by atoms with Gasteiger partial charge in [-0.05, 0) is 24.6 Å². The summed E-state index contributed by atoms with van der Waals surface area (Å²) in [6, 6.07) is 7.70. The summed E-state index contributed by atoms with van der Waals surface area (Å²) in [5.41, 5.74) is 5.05. The molecule has 5 heteroatoms. The van der Waals surface area contributed by atoms with E-state index in [1.165, 1.54) is 0 Å². The molecule has 1 N–H and O–H groups in total. The van der Waals surface area contributed by atoms with Crippen molar-refractivity contribution in [1.29, 1.82) is 0 Å². The van der Waals surface area contributed by atoms with Gasteiger partial charge in [0.15, 0.2) is 5.17 Å². The number of thioether (sulfide) groups is 1. The van der Waals surface area contributed by atoms with E-state index in [9.17, 15) is 0 Å². The van der Waals surface area contributed by atoms with E-state index in [4.69, 9.17) is 11.6 Å². The number of nitrogens with zero attached hydrogens (tertiary/aromatic N) is 2. The van der Waals surface area contributed by atoms with Crippen molar-refractivity contribution in [3.05, 3.63) is 47.5 Å². The second kappa shape index (κ2) is 6.07. The summed E-state index contributed by atoms with van der Waals surface area (Å²) in [4.78, 5) is 4.32. The molecule has 18 heavy (non-hydrogen) atoms. The molecule has 0 unspecified atom stereocenters. The van der Waals surface area contributed by atoms with Gasteiger partial charge in [0.25, 0.3) is 0 Å². The summed E-state index contributed by atoms with van der Waals surface area (Å²) in [5.74, 6) is 0. The van der Waals surface area contributed by atoms with Crippen molar-refractivity contribution >= 4 is 34.2 Å². The molecule has 1 aromatic carbocycles. The van der Waals surface area contributed by atoms with E-state index in [0.29, 0.717) is 6.54 Å². The van der Waals surface area contributed by atoms with Crippen LogP contribution in [0.3, 0.4) is 0 Å². The van der Waals surface area contributed by atoms with Crippen LogP contribution in [0.15, 0.2) is 47.0 Å². The largest absolute Gasteiger partial charge is 0.257 e. The van der Waals surface area contributed by atoms with Crippen LogP contribution in [0.2, 0.25) is 5.02 Å². The molecule has 0 amide bonds. The highest BCUT2D eigenvalue weighted by atomic mass is 35.5. The van der Waals surface area contributed by atoms with Crippen molar-refractivity contribution in [3.8, 4) is 0 Å². The Kier molecular flexibility index (Phi) is 4.44. The van der Waals surface area contributed by atoms with Crippen molar-refractivity contribution in [2.75, 3.05) is 6.54 Å². The highest BCUT2D eigenvalue weighted by Gasteiger charge is 2.20. The first-order valence-electron chi connectivity index (χ1n) is 5.62. The van der Waals surface area contributed by atoms with Gasteiger partial charge in [0.1, 0.15) is 0 Å². The van der Waals surface area contributed by atoms with Crippen LogP contribution in [0.4, 0.5) is 0 Å². The van der Waals surface area contributed by atoms with Crippen LogP contribution < -0.4 is 5.43 Å². The summed E-state index contributed by atoms with van der Waals surface area (Å²) < 4.78 is 0.